The number of benzene rings is 2. The molecule has 3 rings (SSSR count). The highest BCUT2D eigenvalue weighted by molar-refractivity contribution is 6.34. The Labute approximate surface area is 168 Å². The summed E-state index contributed by atoms with van der Waals surface area (Å²) in [5.41, 5.74) is 4.13. The summed E-state index contributed by atoms with van der Waals surface area (Å²) in [4.78, 5) is 4.96. The first-order chi connectivity index (χ1) is 12.5. The van der Waals surface area contributed by atoms with Gasteiger partial charge in [0.15, 0.2) is 0 Å². The van der Waals surface area contributed by atoms with Crippen LogP contribution in [0.25, 0.3) is 0 Å². The number of hydrogen-bond donors (Lipinski definition) is 1. The standard InChI is InChI=1S/C18H14Cl3F3N2O/c1-9(25)14-3-2-10(4-15(14)21)16-8-17(27-26-16,18(22,23)24)11-5-12(19)7-13(20)6-11/h2-7,9H,8,25H2,1H3. The normalized spacial score (nSPS) is 21.0. The molecule has 1 heterocycles. The van der Waals surface area contributed by atoms with Gasteiger partial charge in [0, 0.05) is 38.7 Å². The fraction of sp³-hybridized carbons (Fsp3) is 0.278. The molecule has 2 atom stereocenters. The number of nitrogens with zero attached hydrogens (tertiary/aromatic N) is 1. The van der Waals surface area contributed by atoms with Crippen molar-refractivity contribution in [3.05, 3.63) is 68.2 Å². The maximum Gasteiger partial charge on any atom is 0.435 e. The summed E-state index contributed by atoms with van der Waals surface area (Å²) in [5, 5.41) is 4.19. The maximum absolute atomic E-state index is 14.0. The van der Waals surface area contributed by atoms with Gasteiger partial charge in [0.2, 0.25) is 0 Å². The molecule has 0 amide bonds. The lowest BCUT2D eigenvalue weighted by Crippen LogP contribution is -2.42. The van der Waals surface area contributed by atoms with Crippen LogP contribution in [0.3, 0.4) is 0 Å². The molecule has 0 saturated carbocycles. The monoisotopic (exact) mass is 436 g/mol. The van der Waals surface area contributed by atoms with Gasteiger partial charge in [-0.1, -0.05) is 52.1 Å². The minimum atomic E-state index is -4.75. The van der Waals surface area contributed by atoms with Gasteiger partial charge >= 0.3 is 6.18 Å². The number of halogens is 6. The van der Waals surface area contributed by atoms with Crippen molar-refractivity contribution in [2.45, 2.75) is 31.2 Å². The van der Waals surface area contributed by atoms with E-state index < -0.39 is 18.2 Å². The van der Waals surface area contributed by atoms with Crippen molar-refractivity contribution in [1.82, 2.24) is 0 Å². The Morgan fingerprint density at radius 1 is 1.11 bits per heavy atom. The topological polar surface area (TPSA) is 47.6 Å². The predicted octanol–water partition coefficient (Wildman–Crippen LogP) is 6.25. The van der Waals surface area contributed by atoms with Gasteiger partial charge in [0.05, 0.1) is 5.71 Å². The van der Waals surface area contributed by atoms with Gasteiger partial charge in [-0.25, -0.2) is 0 Å². The Kier molecular flexibility index (Phi) is 5.38. The van der Waals surface area contributed by atoms with Crippen molar-refractivity contribution in [2.75, 3.05) is 0 Å². The molecule has 0 fully saturated rings. The van der Waals surface area contributed by atoms with Crippen molar-refractivity contribution in [3.63, 3.8) is 0 Å². The minimum absolute atomic E-state index is 0.0718. The smallest absolute Gasteiger partial charge is 0.374 e. The number of hydrogen-bond acceptors (Lipinski definition) is 3. The quantitative estimate of drug-likeness (QED) is 0.617. The minimum Gasteiger partial charge on any atom is -0.374 e. The summed E-state index contributed by atoms with van der Waals surface area (Å²) < 4.78 is 41.9. The number of alkyl halides is 3. The zero-order valence-corrected chi connectivity index (χ0v) is 16.2. The van der Waals surface area contributed by atoms with E-state index in [2.05, 4.69) is 5.16 Å². The van der Waals surface area contributed by atoms with Gasteiger partial charge in [-0.05, 0) is 36.8 Å². The lowest BCUT2D eigenvalue weighted by molar-refractivity contribution is -0.275. The van der Waals surface area contributed by atoms with Crippen LogP contribution in [-0.2, 0) is 10.4 Å². The third-order valence-corrected chi connectivity index (χ3v) is 5.10. The van der Waals surface area contributed by atoms with E-state index in [0.29, 0.717) is 16.1 Å². The van der Waals surface area contributed by atoms with Crippen LogP contribution in [0.4, 0.5) is 13.2 Å². The molecule has 0 aliphatic carbocycles. The van der Waals surface area contributed by atoms with E-state index in [1.165, 1.54) is 24.3 Å². The van der Waals surface area contributed by atoms with E-state index in [-0.39, 0.29) is 27.4 Å². The van der Waals surface area contributed by atoms with Gasteiger partial charge in [-0.15, -0.1) is 0 Å². The summed E-state index contributed by atoms with van der Waals surface area (Å²) in [7, 11) is 0. The van der Waals surface area contributed by atoms with Gasteiger partial charge in [-0.3, -0.25) is 0 Å². The summed E-state index contributed by atoms with van der Waals surface area (Å²) in [6.07, 6.45) is -5.29. The molecule has 2 unspecified atom stereocenters. The second kappa shape index (κ2) is 7.17. The molecule has 2 N–H and O–H groups in total. The van der Waals surface area contributed by atoms with Crippen molar-refractivity contribution in [2.24, 2.45) is 10.9 Å². The van der Waals surface area contributed by atoms with Gasteiger partial charge < -0.3 is 10.6 Å². The third kappa shape index (κ3) is 3.76. The molecule has 0 radical (unpaired) electrons. The summed E-state index contributed by atoms with van der Waals surface area (Å²) in [6.45, 7) is 1.76. The first-order valence-corrected chi connectivity index (χ1v) is 9.00. The molecule has 1 aliphatic rings. The highest BCUT2D eigenvalue weighted by atomic mass is 35.5. The molecule has 0 saturated heterocycles. The Bertz CT molecular complexity index is 895. The fourth-order valence-corrected chi connectivity index (χ4v) is 3.80. The van der Waals surface area contributed by atoms with E-state index in [4.69, 9.17) is 45.4 Å². The molecule has 3 nitrogen and oxygen atoms in total. The van der Waals surface area contributed by atoms with Crippen LogP contribution in [0.15, 0.2) is 41.6 Å². The van der Waals surface area contributed by atoms with Crippen LogP contribution < -0.4 is 5.73 Å². The van der Waals surface area contributed by atoms with Crippen molar-refractivity contribution in [1.29, 1.82) is 0 Å². The van der Waals surface area contributed by atoms with Gasteiger partial charge in [-0.2, -0.15) is 13.2 Å². The van der Waals surface area contributed by atoms with Crippen LogP contribution in [0.2, 0.25) is 15.1 Å². The zero-order valence-electron chi connectivity index (χ0n) is 13.9. The number of rotatable bonds is 3. The van der Waals surface area contributed by atoms with E-state index >= 15 is 0 Å². The zero-order chi connectivity index (χ0) is 20.0. The lowest BCUT2D eigenvalue weighted by Gasteiger charge is -2.29. The van der Waals surface area contributed by atoms with Crippen molar-refractivity contribution in [3.8, 4) is 0 Å². The molecule has 2 aromatic carbocycles. The molecule has 1 aliphatic heterocycles. The molecule has 2 aromatic rings. The molecule has 0 aromatic heterocycles. The average Bonchev–Trinajstić information content (AvgIpc) is 3.00. The molecule has 0 bridgehead atoms. The predicted molar refractivity (Wildman–Crippen MR) is 100 cm³/mol. The van der Waals surface area contributed by atoms with E-state index in [1.54, 1.807) is 19.1 Å². The first-order valence-electron chi connectivity index (χ1n) is 7.87. The van der Waals surface area contributed by atoms with Crippen LogP contribution in [-0.4, -0.2) is 11.9 Å². The second-order valence-corrected chi connectivity index (χ2v) is 7.59. The maximum atomic E-state index is 14.0. The van der Waals surface area contributed by atoms with Gasteiger partial charge in [0.1, 0.15) is 0 Å². The molecular weight excluding hydrogens is 424 g/mol. The van der Waals surface area contributed by atoms with E-state index in [9.17, 15) is 13.2 Å². The van der Waals surface area contributed by atoms with Crippen LogP contribution in [0.1, 0.15) is 36.1 Å². The fourth-order valence-electron chi connectivity index (χ4n) is 2.92. The molecular formula is C18H14Cl3F3N2O. The second-order valence-electron chi connectivity index (χ2n) is 6.31. The summed E-state index contributed by atoms with van der Waals surface area (Å²) in [5.74, 6) is 0. The van der Waals surface area contributed by atoms with Crippen molar-refractivity contribution >= 4 is 40.5 Å². The SMILES string of the molecule is CC(N)c1ccc(C2=NOC(c3cc(Cl)cc(Cl)c3)(C(F)(F)F)C2)cc1Cl. The average molecular weight is 438 g/mol. The highest BCUT2D eigenvalue weighted by Gasteiger charge is 2.62. The Morgan fingerprint density at radius 2 is 1.74 bits per heavy atom. The number of nitrogens with two attached hydrogens (primary N) is 1. The van der Waals surface area contributed by atoms with Crippen LogP contribution in [0, 0.1) is 0 Å². The lowest BCUT2D eigenvalue weighted by atomic mass is 9.86. The van der Waals surface area contributed by atoms with Crippen molar-refractivity contribution < 1.29 is 18.0 Å². The highest BCUT2D eigenvalue weighted by Crippen LogP contribution is 2.49. The van der Waals surface area contributed by atoms with E-state index in [1.807, 2.05) is 0 Å². The Morgan fingerprint density at radius 3 is 2.26 bits per heavy atom. The number of oxime groups is 1. The molecule has 0 spiro atoms. The summed E-state index contributed by atoms with van der Waals surface area (Å²) in [6, 6.07) is 8.19. The Hall–Kier alpha value is -1.47. The largest absolute Gasteiger partial charge is 0.435 e. The third-order valence-electron chi connectivity index (χ3n) is 4.34. The van der Waals surface area contributed by atoms with Crippen LogP contribution in [0.5, 0.6) is 0 Å². The van der Waals surface area contributed by atoms with E-state index in [0.717, 1.165) is 0 Å². The Balaban J connectivity index is 2.01. The molecule has 27 heavy (non-hydrogen) atoms. The molecule has 9 heteroatoms. The van der Waals surface area contributed by atoms with Crippen LogP contribution >= 0.6 is 34.8 Å². The summed E-state index contributed by atoms with van der Waals surface area (Å²) >= 11 is 18.0. The first kappa shape index (κ1) is 20.3. The van der Waals surface area contributed by atoms with Gasteiger partial charge in [0.25, 0.3) is 5.60 Å². The molecule has 144 valence electrons.